The number of benzene rings is 1. The van der Waals surface area contributed by atoms with E-state index < -0.39 is 0 Å². The van der Waals surface area contributed by atoms with Crippen molar-refractivity contribution >= 4 is 5.69 Å². The zero-order valence-corrected chi connectivity index (χ0v) is 14.3. The number of rotatable bonds is 7. The van der Waals surface area contributed by atoms with Crippen LogP contribution in [0.5, 0.6) is 5.75 Å². The minimum Gasteiger partial charge on any atom is -0.491 e. The summed E-state index contributed by atoms with van der Waals surface area (Å²) >= 11 is 0. The lowest BCUT2D eigenvalue weighted by molar-refractivity contribution is 0.106. The largest absolute Gasteiger partial charge is 0.491 e. The minimum absolute atomic E-state index is 0.556. The fraction of sp³-hybridized carbons (Fsp3) is 0.667. The van der Waals surface area contributed by atoms with Gasteiger partial charge in [0.15, 0.2) is 0 Å². The smallest absolute Gasteiger partial charge is 0.142 e. The SMILES string of the molecule is CCCOc1ccc(CC(C)N2CCN(CC)CC2)cc1N. The summed E-state index contributed by atoms with van der Waals surface area (Å²) in [6.45, 7) is 13.3. The van der Waals surface area contributed by atoms with Crippen LogP contribution in [0.25, 0.3) is 0 Å². The zero-order chi connectivity index (χ0) is 15.9. The van der Waals surface area contributed by atoms with Crippen LogP contribution in [0.4, 0.5) is 5.69 Å². The number of hydrogen-bond donors (Lipinski definition) is 1. The second-order valence-corrected chi connectivity index (χ2v) is 6.24. The average molecular weight is 305 g/mol. The number of nitrogen functional groups attached to an aromatic ring is 1. The maximum atomic E-state index is 6.11. The van der Waals surface area contributed by atoms with Gasteiger partial charge in [0.25, 0.3) is 0 Å². The Morgan fingerprint density at radius 3 is 2.50 bits per heavy atom. The van der Waals surface area contributed by atoms with Gasteiger partial charge in [-0.2, -0.15) is 0 Å². The monoisotopic (exact) mass is 305 g/mol. The third-order valence-corrected chi connectivity index (χ3v) is 4.54. The van der Waals surface area contributed by atoms with Crippen molar-refractivity contribution in [3.63, 3.8) is 0 Å². The predicted octanol–water partition coefficient (Wildman–Crippen LogP) is 2.63. The van der Waals surface area contributed by atoms with Crippen molar-refractivity contribution in [1.82, 2.24) is 9.80 Å². The van der Waals surface area contributed by atoms with E-state index in [0.29, 0.717) is 6.04 Å². The van der Waals surface area contributed by atoms with E-state index in [9.17, 15) is 0 Å². The molecule has 0 bridgehead atoms. The Kier molecular flexibility index (Phi) is 6.52. The van der Waals surface area contributed by atoms with E-state index in [1.54, 1.807) is 0 Å². The van der Waals surface area contributed by atoms with Gasteiger partial charge in [-0.1, -0.05) is 19.9 Å². The van der Waals surface area contributed by atoms with E-state index in [-0.39, 0.29) is 0 Å². The van der Waals surface area contributed by atoms with Gasteiger partial charge >= 0.3 is 0 Å². The van der Waals surface area contributed by atoms with Gasteiger partial charge in [0.05, 0.1) is 12.3 Å². The number of piperazine rings is 1. The first-order valence-corrected chi connectivity index (χ1v) is 8.61. The Hall–Kier alpha value is -1.26. The van der Waals surface area contributed by atoms with Crippen LogP contribution in [0.1, 0.15) is 32.8 Å². The van der Waals surface area contributed by atoms with Crippen LogP contribution in [0.15, 0.2) is 18.2 Å². The van der Waals surface area contributed by atoms with E-state index >= 15 is 0 Å². The molecule has 0 saturated carbocycles. The molecule has 1 unspecified atom stereocenters. The minimum atomic E-state index is 0.556. The van der Waals surface area contributed by atoms with Crippen molar-refractivity contribution in [1.29, 1.82) is 0 Å². The molecule has 1 heterocycles. The Morgan fingerprint density at radius 2 is 1.91 bits per heavy atom. The molecule has 2 rings (SSSR count). The lowest BCUT2D eigenvalue weighted by Gasteiger charge is -2.37. The lowest BCUT2D eigenvalue weighted by atomic mass is 10.0. The van der Waals surface area contributed by atoms with E-state index in [1.165, 1.54) is 31.7 Å². The highest BCUT2D eigenvalue weighted by Crippen LogP contribution is 2.24. The Morgan fingerprint density at radius 1 is 1.18 bits per heavy atom. The van der Waals surface area contributed by atoms with Gasteiger partial charge in [-0.3, -0.25) is 4.90 Å². The summed E-state index contributed by atoms with van der Waals surface area (Å²) in [5, 5.41) is 0. The van der Waals surface area contributed by atoms with Crippen molar-refractivity contribution in [3.05, 3.63) is 23.8 Å². The first kappa shape index (κ1) is 17.1. The number of nitrogens with two attached hydrogens (primary N) is 1. The first-order chi connectivity index (χ1) is 10.6. The highest BCUT2D eigenvalue weighted by molar-refractivity contribution is 5.54. The van der Waals surface area contributed by atoms with E-state index in [0.717, 1.165) is 37.4 Å². The number of anilines is 1. The third kappa shape index (κ3) is 4.62. The normalized spacial score (nSPS) is 18.3. The molecule has 0 spiro atoms. The summed E-state index contributed by atoms with van der Waals surface area (Å²) in [7, 11) is 0. The Labute approximate surface area is 135 Å². The van der Waals surface area contributed by atoms with Crippen LogP contribution in [0, 0.1) is 0 Å². The van der Waals surface area contributed by atoms with Gasteiger partial charge in [-0.15, -0.1) is 0 Å². The zero-order valence-electron chi connectivity index (χ0n) is 14.3. The van der Waals surface area contributed by atoms with Crippen LogP contribution in [-0.2, 0) is 6.42 Å². The van der Waals surface area contributed by atoms with Gasteiger partial charge < -0.3 is 15.4 Å². The molecule has 1 fully saturated rings. The predicted molar refractivity (Wildman–Crippen MR) is 93.5 cm³/mol. The second kappa shape index (κ2) is 8.39. The summed E-state index contributed by atoms with van der Waals surface area (Å²) in [6, 6.07) is 6.80. The van der Waals surface area contributed by atoms with E-state index in [4.69, 9.17) is 10.5 Å². The Bertz CT molecular complexity index is 456. The lowest BCUT2D eigenvalue weighted by Crippen LogP contribution is -2.49. The maximum Gasteiger partial charge on any atom is 0.142 e. The van der Waals surface area contributed by atoms with Crippen LogP contribution in [0.2, 0.25) is 0 Å². The van der Waals surface area contributed by atoms with Crippen LogP contribution < -0.4 is 10.5 Å². The molecule has 4 heteroatoms. The molecule has 0 amide bonds. The van der Waals surface area contributed by atoms with Gasteiger partial charge in [0.2, 0.25) is 0 Å². The van der Waals surface area contributed by atoms with Crippen LogP contribution in [-0.4, -0.2) is 55.2 Å². The third-order valence-electron chi connectivity index (χ3n) is 4.54. The van der Waals surface area contributed by atoms with Gasteiger partial charge in [0, 0.05) is 32.2 Å². The number of likely N-dealkylation sites (N-methyl/N-ethyl adjacent to an activating group) is 1. The van der Waals surface area contributed by atoms with Crippen molar-refractivity contribution in [3.8, 4) is 5.75 Å². The van der Waals surface area contributed by atoms with Gasteiger partial charge in [-0.05, 0) is 44.0 Å². The summed E-state index contributed by atoms with van der Waals surface area (Å²) in [4.78, 5) is 5.10. The molecule has 2 N–H and O–H groups in total. The van der Waals surface area contributed by atoms with Gasteiger partial charge in [0.1, 0.15) is 5.75 Å². The first-order valence-electron chi connectivity index (χ1n) is 8.61. The number of hydrogen-bond acceptors (Lipinski definition) is 4. The molecule has 22 heavy (non-hydrogen) atoms. The molecule has 1 aliphatic heterocycles. The fourth-order valence-corrected chi connectivity index (χ4v) is 3.06. The summed E-state index contributed by atoms with van der Waals surface area (Å²) in [5.41, 5.74) is 8.16. The molecule has 0 radical (unpaired) electrons. The highest BCUT2D eigenvalue weighted by Gasteiger charge is 2.20. The second-order valence-electron chi connectivity index (χ2n) is 6.24. The van der Waals surface area contributed by atoms with Crippen molar-refractivity contribution < 1.29 is 4.74 Å². The molecule has 1 aliphatic rings. The van der Waals surface area contributed by atoms with E-state index in [1.807, 2.05) is 6.07 Å². The topological polar surface area (TPSA) is 41.7 Å². The molecule has 1 aromatic rings. The van der Waals surface area contributed by atoms with Crippen molar-refractivity contribution in [2.75, 3.05) is 45.1 Å². The molecule has 1 atom stereocenters. The Balaban J connectivity index is 1.89. The maximum absolute atomic E-state index is 6.11. The summed E-state index contributed by atoms with van der Waals surface area (Å²) in [6.07, 6.45) is 2.05. The standard InChI is InChI=1S/C18H31N3O/c1-4-12-22-18-7-6-16(14-17(18)19)13-15(3)21-10-8-20(5-2)9-11-21/h6-7,14-15H,4-5,8-13,19H2,1-3H3. The molecule has 1 saturated heterocycles. The quantitative estimate of drug-likeness (QED) is 0.786. The van der Waals surface area contributed by atoms with Crippen LogP contribution in [0.3, 0.4) is 0 Å². The molecular weight excluding hydrogens is 274 g/mol. The van der Waals surface area contributed by atoms with Crippen LogP contribution >= 0.6 is 0 Å². The number of nitrogens with zero attached hydrogens (tertiary/aromatic N) is 2. The molecule has 124 valence electrons. The molecule has 0 aromatic heterocycles. The summed E-state index contributed by atoms with van der Waals surface area (Å²) in [5.74, 6) is 0.815. The molecular formula is C18H31N3O. The summed E-state index contributed by atoms with van der Waals surface area (Å²) < 4.78 is 5.65. The fourth-order valence-electron chi connectivity index (χ4n) is 3.06. The van der Waals surface area contributed by atoms with E-state index in [2.05, 4.69) is 42.7 Å². The average Bonchev–Trinajstić information content (AvgIpc) is 2.54. The molecule has 1 aromatic carbocycles. The molecule has 4 nitrogen and oxygen atoms in total. The molecule has 0 aliphatic carbocycles. The number of ether oxygens (including phenoxy) is 1. The van der Waals surface area contributed by atoms with Gasteiger partial charge in [-0.25, -0.2) is 0 Å². The highest BCUT2D eigenvalue weighted by atomic mass is 16.5. The van der Waals surface area contributed by atoms with Crippen molar-refractivity contribution in [2.24, 2.45) is 0 Å². The van der Waals surface area contributed by atoms with Crippen molar-refractivity contribution in [2.45, 2.75) is 39.7 Å².